The van der Waals surface area contributed by atoms with Gasteiger partial charge in [-0.25, -0.2) is 0 Å². The van der Waals surface area contributed by atoms with Gasteiger partial charge in [-0.1, -0.05) is 6.42 Å². The molecule has 0 aliphatic heterocycles. The number of likely N-dealkylation sites (N-methyl/N-ethyl adjacent to an activating group) is 1. The van der Waals surface area contributed by atoms with E-state index < -0.39 is 0 Å². The van der Waals surface area contributed by atoms with Crippen molar-refractivity contribution < 1.29 is 9.53 Å². The number of halogens is 2. The first-order valence-electron chi connectivity index (χ1n) is 7.98. The minimum absolute atomic E-state index is 0. The van der Waals surface area contributed by atoms with E-state index >= 15 is 0 Å². The van der Waals surface area contributed by atoms with E-state index in [0.717, 1.165) is 37.2 Å². The summed E-state index contributed by atoms with van der Waals surface area (Å²) in [4.78, 5) is 14.4. The molecule has 24 heavy (non-hydrogen) atoms. The number of nitrogens with two attached hydrogens (primary N) is 1. The van der Waals surface area contributed by atoms with Gasteiger partial charge in [0.05, 0.1) is 0 Å². The Hall–Kier alpha value is -1.01. The lowest BCUT2D eigenvalue weighted by molar-refractivity contribution is -0.120. The van der Waals surface area contributed by atoms with Gasteiger partial charge in [-0.2, -0.15) is 0 Å². The second-order valence-corrected chi connectivity index (χ2v) is 6.20. The van der Waals surface area contributed by atoms with Gasteiger partial charge in [0, 0.05) is 18.2 Å². The predicted octanol–water partition coefficient (Wildman–Crippen LogP) is 2.78. The molecule has 138 valence electrons. The van der Waals surface area contributed by atoms with Gasteiger partial charge < -0.3 is 20.7 Å². The van der Waals surface area contributed by atoms with Crippen molar-refractivity contribution >= 4 is 36.4 Å². The summed E-state index contributed by atoms with van der Waals surface area (Å²) in [7, 11) is 4.03. The molecule has 3 N–H and O–H groups in total. The lowest BCUT2D eigenvalue weighted by atomic mass is 9.95. The summed E-state index contributed by atoms with van der Waals surface area (Å²) >= 11 is 0. The summed E-state index contributed by atoms with van der Waals surface area (Å²) in [5, 5.41) is 2.99. The van der Waals surface area contributed by atoms with Gasteiger partial charge in [-0.15, -0.1) is 24.8 Å². The fourth-order valence-corrected chi connectivity index (χ4v) is 2.88. The van der Waals surface area contributed by atoms with E-state index in [-0.39, 0.29) is 36.6 Å². The molecule has 0 heterocycles. The van der Waals surface area contributed by atoms with Crippen LogP contribution >= 0.6 is 24.8 Å². The van der Waals surface area contributed by atoms with Crippen LogP contribution in [0.1, 0.15) is 19.3 Å². The monoisotopic (exact) mass is 377 g/mol. The van der Waals surface area contributed by atoms with Crippen molar-refractivity contribution in [1.82, 2.24) is 4.90 Å². The molecule has 0 radical (unpaired) electrons. The second-order valence-electron chi connectivity index (χ2n) is 6.20. The van der Waals surface area contributed by atoms with Gasteiger partial charge in [0.25, 0.3) is 0 Å². The quantitative estimate of drug-likeness (QED) is 0.766. The molecule has 2 rings (SSSR count). The van der Waals surface area contributed by atoms with E-state index in [0.29, 0.717) is 19.1 Å². The average Bonchev–Trinajstić information content (AvgIpc) is 2.97. The number of ether oxygens (including phenoxy) is 1. The molecule has 0 aromatic heterocycles. The van der Waals surface area contributed by atoms with Crippen molar-refractivity contribution in [3.05, 3.63) is 24.3 Å². The van der Waals surface area contributed by atoms with E-state index in [1.165, 1.54) is 0 Å². The third kappa shape index (κ3) is 6.85. The van der Waals surface area contributed by atoms with E-state index in [2.05, 4.69) is 10.2 Å². The van der Waals surface area contributed by atoms with E-state index in [1.807, 2.05) is 38.4 Å². The highest BCUT2D eigenvalue weighted by atomic mass is 35.5. The Kier molecular flexibility index (Phi) is 11.0. The fraction of sp³-hybridized carbons (Fsp3) is 0.588. The molecule has 5 nitrogen and oxygen atoms in total. The molecule has 0 unspecified atom stereocenters. The number of benzene rings is 1. The molecule has 1 aliphatic rings. The van der Waals surface area contributed by atoms with Crippen molar-refractivity contribution in [3.8, 4) is 5.75 Å². The van der Waals surface area contributed by atoms with Crippen LogP contribution in [0.25, 0.3) is 0 Å². The highest BCUT2D eigenvalue weighted by Gasteiger charge is 2.31. The summed E-state index contributed by atoms with van der Waals surface area (Å²) in [5.41, 5.74) is 6.56. The van der Waals surface area contributed by atoms with Crippen molar-refractivity contribution in [2.24, 2.45) is 17.6 Å². The van der Waals surface area contributed by atoms with Crippen LogP contribution in [0.5, 0.6) is 5.75 Å². The van der Waals surface area contributed by atoms with Crippen LogP contribution < -0.4 is 15.8 Å². The van der Waals surface area contributed by atoms with Gasteiger partial charge in [0.15, 0.2) is 0 Å². The smallest absolute Gasteiger partial charge is 0.227 e. The van der Waals surface area contributed by atoms with Gasteiger partial charge in [-0.3, -0.25) is 4.79 Å². The molecule has 1 fully saturated rings. The van der Waals surface area contributed by atoms with Crippen LogP contribution in [0.3, 0.4) is 0 Å². The number of rotatable bonds is 7. The zero-order valence-electron chi connectivity index (χ0n) is 14.4. The molecule has 1 aliphatic carbocycles. The van der Waals surface area contributed by atoms with Crippen LogP contribution in [0.15, 0.2) is 24.3 Å². The zero-order valence-corrected chi connectivity index (χ0v) is 16.0. The Morgan fingerprint density at radius 1 is 1.25 bits per heavy atom. The minimum atomic E-state index is 0. The molecular weight excluding hydrogens is 349 g/mol. The second kappa shape index (κ2) is 11.5. The largest absolute Gasteiger partial charge is 0.492 e. The molecular formula is C17H29Cl2N3O2. The van der Waals surface area contributed by atoms with Crippen LogP contribution in [0, 0.1) is 11.8 Å². The molecule has 1 amide bonds. The number of nitrogens with zero attached hydrogens (tertiary/aromatic N) is 1. The lowest BCUT2D eigenvalue weighted by Crippen LogP contribution is -2.29. The van der Waals surface area contributed by atoms with Gasteiger partial charge >= 0.3 is 0 Å². The zero-order chi connectivity index (χ0) is 15.9. The number of carbonyl (C=O) groups excluding carboxylic acids is 1. The minimum Gasteiger partial charge on any atom is -0.492 e. The maximum atomic E-state index is 12.3. The topological polar surface area (TPSA) is 67.6 Å². The number of amides is 1. The third-order valence-electron chi connectivity index (χ3n) is 4.23. The number of hydrogen-bond donors (Lipinski definition) is 2. The molecule has 2 atom stereocenters. The highest BCUT2D eigenvalue weighted by molar-refractivity contribution is 5.93. The Labute approximate surface area is 157 Å². The lowest BCUT2D eigenvalue weighted by Gasteiger charge is -2.17. The van der Waals surface area contributed by atoms with E-state index in [9.17, 15) is 4.79 Å². The highest BCUT2D eigenvalue weighted by Crippen LogP contribution is 2.32. The summed E-state index contributed by atoms with van der Waals surface area (Å²) in [5.74, 6) is 1.30. The summed E-state index contributed by atoms with van der Waals surface area (Å²) < 4.78 is 5.64. The number of carbonyl (C=O) groups is 1. The first-order valence-corrected chi connectivity index (χ1v) is 7.98. The van der Waals surface area contributed by atoms with Gasteiger partial charge in [0.1, 0.15) is 12.4 Å². The van der Waals surface area contributed by atoms with Crippen molar-refractivity contribution in [2.45, 2.75) is 19.3 Å². The first kappa shape index (κ1) is 23.0. The van der Waals surface area contributed by atoms with Crippen LogP contribution in [0.4, 0.5) is 5.69 Å². The Balaban J connectivity index is 0.00000264. The standard InChI is InChI=1S/C17H27N3O2.2ClH/c1-20(2)10-11-22-15-8-6-14(7-9-15)19-17(21)16-5-3-4-13(16)12-18;;/h6-9,13,16H,3-5,10-12,18H2,1-2H3,(H,19,21);2*1H/t13-,16-;;/m1../s1. The number of nitrogens with one attached hydrogen (secondary N) is 1. The Bertz CT molecular complexity index is 483. The average molecular weight is 378 g/mol. The molecule has 0 spiro atoms. The first-order chi connectivity index (χ1) is 10.6. The predicted molar refractivity (Wildman–Crippen MR) is 104 cm³/mol. The molecule has 1 saturated carbocycles. The van der Waals surface area contributed by atoms with Crippen LogP contribution in [0.2, 0.25) is 0 Å². The fourth-order valence-electron chi connectivity index (χ4n) is 2.88. The summed E-state index contributed by atoms with van der Waals surface area (Å²) in [6.07, 6.45) is 3.10. The number of anilines is 1. The summed E-state index contributed by atoms with van der Waals surface area (Å²) in [6, 6.07) is 7.55. The third-order valence-corrected chi connectivity index (χ3v) is 4.23. The van der Waals surface area contributed by atoms with Crippen molar-refractivity contribution in [2.75, 3.05) is 39.1 Å². The summed E-state index contributed by atoms with van der Waals surface area (Å²) in [6.45, 7) is 2.12. The van der Waals surface area contributed by atoms with Crippen molar-refractivity contribution in [3.63, 3.8) is 0 Å². The van der Waals surface area contributed by atoms with Crippen LogP contribution in [-0.2, 0) is 4.79 Å². The van der Waals surface area contributed by atoms with E-state index in [1.54, 1.807) is 0 Å². The van der Waals surface area contributed by atoms with Gasteiger partial charge in [0.2, 0.25) is 5.91 Å². The Morgan fingerprint density at radius 3 is 2.50 bits per heavy atom. The molecule has 0 bridgehead atoms. The SMILES string of the molecule is CN(C)CCOc1ccc(NC(=O)[C@@H]2CCC[C@@H]2CN)cc1.Cl.Cl. The number of hydrogen-bond acceptors (Lipinski definition) is 4. The van der Waals surface area contributed by atoms with Crippen LogP contribution in [-0.4, -0.2) is 44.6 Å². The normalized spacial score (nSPS) is 19.3. The maximum Gasteiger partial charge on any atom is 0.227 e. The maximum absolute atomic E-state index is 12.3. The molecule has 0 saturated heterocycles. The molecule has 7 heteroatoms. The molecule has 1 aromatic rings. The van der Waals surface area contributed by atoms with E-state index in [4.69, 9.17) is 10.5 Å². The Morgan fingerprint density at radius 2 is 1.92 bits per heavy atom. The molecule has 1 aromatic carbocycles. The van der Waals surface area contributed by atoms with Crippen molar-refractivity contribution in [1.29, 1.82) is 0 Å². The van der Waals surface area contributed by atoms with Gasteiger partial charge in [-0.05, 0) is 63.7 Å².